The van der Waals surface area contributed by atoms with Crippen molar-refractivity contribution in [1.29, 1.82) is 0 Å². The predicted molar refractivity (Wildman–Crippen MR) is 113 cm³/mol. The van der Waals surface area contributed by atoms with Crippen molar-refractivity contribution in [2.45, 2.75) is 19.0 Å². The van der Waals surface area contributed by atoms with Crippen LogP contribution < -0.4 is 10.2 Å². The van der Waals surface area contributed by atoms with Crippen molar-refractivity contribution in [1.82, 2.24) is 5.32 Å². The monoisotopic (exact) mass is 434 g/mol. The molecule has 5 heteroatoms. The largest absolute Gasteiger partial charge is 0.350 e. The second-order valence-electron chi connectivity index (χ2n) is 6.74. The molecule has 0 radical (unpaired) electrons. The SMILES string of the molecule is O=C(NCc1cccc(Br)c1)[C@@H]1Cc2ccccc2N1C(=O)c1ccccc1. The first-order valence-electron chi connectivity index (χ1n) is 9.12. The zero-order chi connectivity index (χ0) is 19.5. The molecule has 0 saturated heterocycles. The van der Waals surface area contributed by atoms with Crippen molar-refractivity contribution in [3.8, 4) is 0 Å². The number of nitrogens with zero attached hydrogens (tertiary/aromatic N) is 1. The molecular formula is C23H19BrN2O2. The van der Waals surface area contributed by atoms with Gasteiger partial charge in [0.05, 0.1) is 0 Å². The van der Waals surface area contributed by atoms with E-state index in [9.17, 15) is 9.59 Å². The molecule has 2 amide bonds. The first-order valence-corrected chi connectivity index (χ1v) is 9.91. The van der Waals surface area contributed by atoms with E-state index in [1.54, 1.807) is 17.0 Å². The van der Waals surface area contributed by atoms with Crippen LogP contribution in [0.1, 0.15) is 21.5 Å². The number of para-hydroxylation sites is 1. The fourth-order valence-corrected chi connectivity index (χ4v) is 3.97. The summed E-state index contributed by atoms with van der Waals surface area (Å²) in [6, 6.07) is 24.0. The van der Waals surface area contributed by atoms with Crippen molar-refractivity contribution < 1.29 is 9.59 Å². The van der Waals surface area contributed by atoms with Gasteiger partial charge in [-0.25, -0.2) is 0 Å². The van der Waals surface area contributed by atoms with Crippen LogP contribution in [0.5, 0.6) is 0 Å². The van der Waals surface area contributed by atoms with Gasteiger partial charge in [-0.15, -0.1) is 0 Å². The Bertz CT molecular complexity index is 1020. The lowest BCUT2D eigenvalue weighted by Crippen LogP contribution is -2.48. The van der Waals surface area contributed by atoms with Crippen molar-refractivity contribution in [3.05, 3.63) is 100 Å². The topological polar surface area (TPSA) is 49.4 Å². The van der Waals surface area contributed by atoms with E-state index in [0.717, 1.165) is 21.3 Å². The van der Waals surface area contributed by atoms with Gasteiger partial charge in [-0.3, -0.25) is 14.5 Å². The van der Waals surface area contributed by atoms with E-state index in [4.69, 9.17) is 0 Å². The van der Waals surface area contributed by atoms with Crippen LogP contribution in [0.25, 0.3) is 0 Å². The average molecular weight is 435 g/mol. The Hall–Kier alpha value is -2.92. The Morgan fingerprint density at radius 2 is 1.71 bits per heavy atom. The number of carbonyl (C=O) groups is 2. The highest BCUT2D eigenvalue weighted by Gasteiger charge is 2.38. The smallest absolute Gasteiger partial charge is 0.259 e. The van der Waals surface area contributed by atoms with Crippen molar-refractivity contribution in [2.24, 2.45) is 0 Å². The summed E-state index contributed by atoms with van der Waals surface area (Å²) in [6.07, 6.45) is 0.513. The molecule has 1 atom stereocenters. The van der Waals surface area contributed by atoms with E-state index >= 15 is 0 Å². The molecule has 4 nitrogen and oxygen atoms in total. The van der Waals surface area contributed by atoms with Gasteiger partial charge >= 0.3 is 0 Å². The number of carbonyl (C=O) groups excluding carboxylic acids is 2. The third-order valence-electron chi connectivity index (χ3n) is 4.87. The van der Waals surface area contributed by atoms with E-state index in [0.29, 0.717) is 18.5 Å². The molecule has 3 aromatic carbocycles. The summed E-state index contributed by atoms with van der Waals surface area (Å²) in [4.78, 5) is 27.8. The molecule has 0 unspecified atom stereocenters. The molecule has 1 heterocycles. The molecule has 0 bridgehead atoms. The average Bonchev–Trinajstić information content (AvgIpc) is 3.12. The molecule has 4 rings (SSSR count). The van der Waals surface area contributed by atoms with Crippen LogP contribution in [0.3, 0.4) is 0 Å². The van der Waals surface area contributed by atoms with Crippen LogP contribution in [0, 0.1) is 0 Å². The molecule has 1 N–H and O–H groups in total. The number of nitrogens with one attached hydrogen (secondary N) is 1. The summed E-state index contributed by atoms with van der Waals surface area (Å²) in [5.41, 5.74) is 3.39. The Morgan fingerprint density at radius 1 is 0.964 bits per heavy atom. The van der Waals surface area contributed by atoms with Gasteiger partial charge < -0.3 is 5.32 Å². The quantitative estimate of drug-likeness (QED) is 0.663. The maximum absolute atomic E-state index is 13.2. The lowest BCUT2D eigenvalue weighted by Gasteiger charge is -2.25. The van der Waals surface area contributed by atoms with Gasteiger partial charge in [0.2, 0.25) is 5.91 Å². The Kier molecular flexibility index (Phi) is 5.26. The van der Waals surface area contributed by atoms with E-state index in [2.05, 4.69) is 21.2 Å². The van der Waals surface area contributed by atoms with Crippen LogP contribution in [0.2, 0.25) is 0 Å². The Morgan fingerprint density at radius 3 is 2.50 bits per heavy atom. The van der Waals surface area contributed by atoms with Crippen LogP contribution >= 0.6 is 15.9 Å². The highest BCUT2D eigenvalue weighted by molar-refractivity contribution is 9.10. The third-order valence-corrected chi connectivity index (χ3v) is 5.37. The number of benzene rings is 3. The van der Waals surface area contributed by atoms with Gasteiger partial charge in [-0.05, 0) is 41.5 Å². The molecular weight excluding hydrogens is 416 g/mol. The lowest BCUT2D eigenvalue weighted by atomic mass is 10.1. The first kappa shape index (κ1) is 18.4. The molecule has 3 aromatic rings. The zero-order valence-corrected chi connectivity index (χ0v) is 16.7. The minimum absolute atomic E-state index is 0.152. The van der Waals surface area contributed by atoms with Gasteiger partial charge in [-0.2, -0.15) is 0 Å². The fourth-order valence-electron chi connectivity index (χ4n) is 3.52. The standard InChI is InChI=1S/C23H19BrN2O2/c24-19-11-6-7-16(13-19)15-25-22(27)21-14-18-10-4-5-12-20(18)26(21)23(28)17-8-2-1-3-9-17/h1-13,21H,14-15H2,(H,25,27)/t21-/m0/s1. The van der Waals surface area contributed by atoms with Crippen LogP contribution in [-0.4, -0.2) is 17.9 Å². The minimum atomic E-state index is -0.558. The Labute approximate surface area is 172 Å². The molecule has 0 saturated carbocycles. The highest BCUT2D eigenvalue weighted by Crippen LogP contribution is 2.33. The fraction of sp³-hybridized carbons (Fsp3) is 0.130. The summed E-state index contributed by atoms with van der Waals surface area (Å²) in [6.45, 7) is 0.415. The summed E-state index contributed by atoms with van der Waals surface area (Å²) < 4.78 is 0.966. The number of fused-ring (bicyclic) bond motifs is 1. The van der Waals surface area contributed by atoms with Gasteiger partial charge in [0.15, 0.2) is 0 Å². The van der Waals surface area contributed by atoms with Gasteiger partial charge in [0.25, 0.3) is 5.91 Å². The summed E-state index contributed by atoms with van der Waals surface area (Å²) in [7, 11) is 0. The normalized spacial score (nSPS) is 15.2. The van der Waals surface area contributed by atoms with E-state index in [1.807, 2.05) is 66.7 Å². The molecule has 0 fully saturated rings. The number of rotatable bonds is 4. The number of anilines is 1. The number of hydrogen-bond donors (Lipinski definition) is 1. The first-order chi connectivity index (χ1) is 13.6. The third kappa shape index (κ3) is 3.71. The second kappa shape index (κ2) is 7.98. The minimum Gasteiger partial charge on any atom is -0.350 e. The van der Waals surface area contributed by atoms with Gasteiger partial charge in [0.1, 0.15) is 6.04 Å². The maximum atomic E-state index is 13.2. The van der Waals surface area contributed by atoms with Gasteiger partial charge in [-0.1, -0.05) is 64.5 Å². The van der Waals surface area contributed by atoms with E-state index < -0.39 is 6.04 Å². The van der Waals surface area contributed by atoms with Gasteiger partial charge in [0, 0.05) is 28.7 Å². The Balaban J connectivity index is 1.58. The molecule has 140 valence electrons. The molecule has 0 spiro atoms. The number of halogens is 1. The zero-order valence-electron chi connectivity index (χ0n) is 15.1. The van der Waals surface area contributed by atoms with Crippen molar-refractivity contribution in [2.75, 3.05) is 4.90 Å². The highest BCUT2D eigenvalue weighted by atomic mass is 79.9. The van der Waals surface area contributed by atoms with Crippen molar-refractivity contribution in [3.63, 3.8) is 0 Å². The van der Waals surface area contributed by atoms with E-state index in [1.165, 1.54) is 0 Å². The molecule has 0 aromatic heterocycles. The van der Waals surface area contributed by atoms with Crippen LogP contribution in [0.4, 0.5) is 5.69 Å². The summed E-state index contributed by atoms with van der Waals surface area (Å²) in [5.74, 6) is -0.311. The molecule has 1 aliphatic heterocycles. The molecule has 28 heavy (non-hydrogen) atoms. The summed E-state index contributed by atoms with van der Waals surface area (Å²) >= 11 is 3.44. The predicted octanol–water partition coefficient (Wildman–Crippen LogP) is 4.34. The maximum Gasteiger partial charge on any atom is 0.259 e. The lowest BCUT2D eigenvalue weighted by molar-refractivity contribution is -0.122. The van der Waals surface area contributed by atoms with Crippen LogP contribution in [-0.2, 0) is 17.8 Å². The van der Waals surface area contributed by atoms with E-state index in [-0.39, 0.29) is 11.8 Å². The van der Waals surface area contributed by atoms with Crippen molar-refractivity contribution >= 4 is 33.4 Å². The number of hydrogen-bond acceptors (Lipinski definition) is 2. The second-order valence-corrected chi connectivity index (χ2v) is 7.65. The number of amides is 2. The summed E-state index contributed by atoms with van der Waals surface area (Å²) in [5, 5.41) is 2.99. The molecule has 0 aliphatic carbocycles. The van der Waals surface area contributed by atoms with Crippen LogP contribution in [0.15, 0.2) is 83.3 Å². The molecule has 1 aliphatic rings.